The van der Waals surface area contributed by atoms with Gasteiger partial charge in [-0.05, 0) is 51.1 Å². The molecular formula is C23H39N5O5. The van der Waals surface area contributed by atoms with Crippen LogP contribution in [0.15, 0.2) is 0 Å². The molecule has 0 aromatic carbocycles. The summed E-state index contributed by atoms with van der Waals surface area (Å²) in [5, 5.41) is 15.4. The van der Waals surface area contributed by atoms with Gasteiger partial charge in [0.05, 0.1) is 12.5 Å². The second-order valence-corrected chi connectivity index (χ2v) is 9.65. The molecule has 1 aliphatic carbocycles. The van der Waals surface area contributed by atoms with Crippen molar-refractivity contribution < 1.29 is 24.4 Å². The number of amides is 5. The zero-order chi connectivity index (χ0) is 23.6. The van der Waals surface area contributed by atoms with Crippen molar-refractivity contribution in [3.63, 3.8) is 0 Å². The van der Waals surface area contributed by atoms with E-state index in [1.807, 2.05) is 0 Å². The molecular weight excluding hydrogens is 426 g/mol. The van der Waals surface area contributed by atoms with Gasteiger partial charge in [-0.1, -0.05) is 32.1 Å². The smallest absolute Gasteiger partial charge is 0.321 e. The number of piperidine rings is 1. The van der Waals surface area contributed by atoms with Crippen molar-refractivity contribution in [2.45, 2.75) is 70.3 Å². The molecule has 0 aromatic heterocycles. The summed E-state index contributed by atoms with van der Waals surface area (Å²) in [5.41, 5.74) is 0. The van der Waals surface area contributed by atoms with Crippen molar-refractivity contribution in [3.05, 3.63) is 0 Å². The number of nitrogens with zero attached hydrogens (tertiary/aromatic N) is 3. The highest BCUT2D eigenvalue weighted by atomic mass is 16.5. The van der Waals surface area contributed by atoms with Gasteiger partial charge in [-0.25, -0.2) is 9.86 Å². The standard InChI is InChI=1S/C23H39N5O5/c29-17-27(33)16-19(15-18-7-2-3-8-18)22(31)28-13-6-9-20(28)21(30)25-23(32)24-10-14-26-11-4-1-5-12-26/h17-20,33H,1-16H2,(H2,24,25,30,32)/t19-,20+/m1/s1. The van der Waals surface area contributed by atoms with Gasteiger partial charge >= 0.3 is 6.03 Å². The molecule has 0 radical (unpaired) electrons. The average Bonchev–Trinajstić information content (AvgIpc) is 3.51. The molecule has 2 aliphatic heterocycles. The molecule has 0 bridgehead atoms. The number of likely N-dealkylation sites (tertiary alicyclic amines) is 2. The number of rotatable bonds is 10. The van der Waals surface area contributed by atoms with Crippen LogP contribution in [0.1, 0.15) is 64.2 Å². The molecule has 0 unspecified atom stereocenters. The van der Waals surface area contributed by atoms with Crippen LogP contribution in [0.3, 0.4) is 0 Å². The molecule has 186 valence electrons. The number of hydrogen-bond donors (Lipinski definition) is 3. The molecule has 1 saturated carbocycles. The molecule has 0 aromatic rings. The van der Waals surface area contributed by atoms with Gasteiger partial charge in [0.2, 0.25) is 12.3 Å². The van der Waals surface area contributed by atoms with E-state index in [1.165, 1.54) is 24.2 Å². The third-order valence-corrected chi connectivity index (χ3v) is 7.21. The van der Waals surface area contributed by atoms with Gasteiger partial charge in [0.25, 0.3) is 5.91 Å². The second-order valence-electron chi connectivity index (χ2n) is 9.65. The van der Waals surface area contributed by atoms with Gasteiger partial charge in [0, 0.05) is 19.6 Å². The molecule has 10 heteroatoms. The van der Waals surface area contributed by atoms with E-state index in [1.54, 1.807) is 0 Å². The largest absolute Gasteiger partial charge is 0.337 e. The maximum Gasteiger partial charge on any atom is 0.321 e. The first-order valence-corrected chi connectivity index (χ1v) is 12.5. The van der Waals surface area contributed by atoms with Crippen LogP contribution >= 0.6 is 0 Å². The fourth-order valence-corrected chi connectivity index (χ4v) is 5.46. The predicted molar refractivity (Wildman–Crippen MR) is 121 cm³/mol. The normalized spacial score (nSPS) is 22.7. The van der Waals surface area contributed by atoms with E-state index in [-0.39, 0.29) is 12.5 Å². The topological polar surface area (TPSA) is 122 Å². The summed E-state index contributed by atoms with van der Waals surface area (Å²) >= 11 is 0. The van der Waals surface area contributed by atoms with E-state index < -0.39 is 23.9 Å². The SMILES string of the molecule is O=CN(O)C[C@@H](CC1CCCC1)C(=O)N1CCC[C@H]1C(=O)NC(=O)NCCN1CCCCC1. The molecule has 0 spiro atoms. The molecule has 2 heterocycles. The molecule has 3 N–H and O–H groups in total. The summed E-state index contributed by atoms with van der Waals surface area (Å²) in [5.74, 6) is -0.882. The number of carbonyl (C=O) groups excluding carboxylic acids is 4. The van der Waals surface area contributed by atoms with Crippen LogP contribution in [0.4, 0.5) is 4.79 Å². The lowest BCUT2D eigenvalue weighted by molar-refractivity contribution is -0.158. The number of carbonyl (C=O) groups is 4. The maximum absolute atomic E-state index is 13.3. The van der Waals surface area contributed by atoms with Crippen molar-refractivity contribution >= 4 is 24.3 Å². The van der Waals surface area contributed by atoms with Crippen molar-refractivity contribution in [1.82, 2.24) is 25.5 Å². The van der Waals surface area contributed by atoms with Gasteiger partial charge in [-0.2, -0.15) is 0 Å². The van der Waals surface area contributed by atoms with Crippen LogP contribution in [0, 0.1) is 11.8 Å². The summed E-state index contributed by atoms with van der Waals surface area (Å²) in [6.07, 6.45) is 10.0. The Balaban J connectivity index is 1.51. The highest BCUT2D eigenvalue weighted by Gasteiger charge is 2.39. The molecule has 3 rings (SSSR count). The van der Waals surface area contributed by atoms with Gasteiger partial charge in [0.15, 0.2) is 0 Å². The van der Waals surface area contributed by atoms with Crippen LogP contribution in [-0.2, 0) is 14.4 Å². The molecule has 2 atom stereocenters. The predicted octanol–water partition coefficient (Wildman–Crippen LogP) is 1.33. The number of urea groups is 1. The molecule has 5 amide bonds. The first kappa shape index (κ1) is 25.4. The quantitative estimate of drug-likeness (QED) is 0.254. The lowest BCUT2D eigenvalue weighted by atomic mass is 9.91. The molecule has 10 nitrogen and oxygen atoms in total. The summed E-state index contributed by atoms with van der Waals surface area (Å²) in [7, 11) is 0. The van der Waals surface area contributed by atoms with E-state index in [0.717, 1.165) is 45.3 Å². The minimum atomic E-state index is -0.709. The molecule has 33 heavy (non-hydrogen) atoms. The van der Waals surface area contributed by atoms with Crippen LogP contribution in [0.2, 0.25) is 0 Å². The van der Waals surface area contributed by atoms with Gasteiger partial charge in [-0.3, -0.25) is 24.9 Å². The summed E-state index contributed by atoms with van der Waals surface area (Å²) < 4.78 is 0. The Kier molecular flexibility index (Phi) is 9.93. The summed E-state index contributed by atoms with van der Waals surface area (Å²) in [6, 6.07) is -1.25. The van der Waals surface area contributed by atoms with E-state index in [9.17, 15) is 24.4 Å². The molecule has 3 fully saturated rings. The lowest BCUT2D eigenvalue weighted by Gasteiger charge is -2.30. The number of hydroxylamine groups is 2. The Labute approximate surface area is 196 Å². The Morgan fingerprint density at radius 2 is 1.73 bits per heavy atom. The second kappa shape index (κ2) is 12.9. The van der Waals surface area contributed by atoms with Gasteiger partial charge < -0.3 is 15.1 Å². The van der Waals surface area contributed by atoms with E-state index in [0.29, 0.717) is 49.7 Å². The van der Waals surface area contributed by atoms with Crippen molar-refractivity contribution in [2.75, 3.05) is 39.3 Å². The maximum atomic E-state index is 13.3. The van der Waals surface area contributed by atoms with Crippen molar-refractivity contribution in [3.8, 4) is 0 Å². The highest BCUT2D eigenvalue weighted by molar-refractivity contribution is 5.99. The van der Waals surface area contributed by atoms with Crippen molar-refractivity contribution in [2.24, 2.45) is 11.8 Å². The zero-order valence-electron chi connectivity index (χ0n) is 19.5. The molecule has 3 aliphatic rings. The van der Waals surface area contributed by atoms with Crippen LogP contribution in [-0.4, -0.2) is 89.6 Å². The Morgan fingerprint density at radius 3 is 2.42 bits per heavy atom. The lowest BCUT2D eigenvalue weighted by Crippen LogP contribution is -2.52. The molecule has 2 saturated heterocycles. The monoisotopic (exact) mass is 465 g/mol. The minimum Gasteiger partial charge on any atom is -0.337 e. The van der Waals surface area contributed by atoms with Gasteiger partial charge in [-0.15, -0.1) is 0 Å². The third kappa shape index (κ3) is 7.67. The summed E-state index contributed by atoms with van der Waals surface area (Å²) in [6.45, 7) is 3.65. The Bertz CT molecular complexity index is 678. The van der Waals surface area contributed by atoms with Crippen LogP contribution < -0.4 is 10.6 Å². The first-order valence-electron chi connectivity index (χ1n) is 12.5. The highest BCUT2D eigenvalue weighted by Crippen LogP contribution is 2.32. The van der Waals surface area contributed by atoms with E-state index in [2.05, 4.69) is 15.5 Å². The fourth-order valence-electron chi connectivity index (χ4n) is 5.46. The number of imide groups is 1. The van der Waals surface area contributed by atoms with Gasteiger partial charge in [0.1, 0.15) is 6.04 Å². The number of hydrogen-bond acceptors (Lipinski definition) is 6. The van der Waals surface area contributed by atoms with E-state index in [4.69, 9.17) is 0 Å². The Morgan fingerprint density at radius 1 is 1.00 bits per heavy atom. The number of nitrogens with one attached hydrogen (secondary N) is 2. The minimum absolute atomic E-state index is 0.0827. The van der Waals surface area contributed by atoms with Crippen LogP contribution in [0.25, 0.3) is 0 Å². The third-order valence-electron chi connectivity index (χ3n) is 7.21. The summed E-state index contributed by atoms with van der Waals surface area (Å²) in [4.78, 5) is 53.1. The average molecular weight is 466 g/mol. The van der Waals surface area contributed by atoms with E-state index >= 15 is 0 Å². The Hall–Kier alpha value is -2.20. The van der Waals surface area contributed by atoms with Crippen LogP contribution in [0.5, 0.6) is 0 Å². The fraction of sp³-hybridized carbons (Fsp3) is 0.826. The van der Waals surface area contributed by atoms with Crippen molar-refractivity contribution in [1.29, 1.82) is 0 Å². The first-order chi connectivity index (χ1) is 16.0. The zero-order valence-corrected chi connectivity index (χ0v) is 19.5.